The fourth-order valence-corrected chi connectivity index (χ4v) is 2.90. The van der Waals surface area contributed by atoms with Gasteiger partial charge in [0.05, 0.1) is 12.3 Å². The van der Waals surface area contributed by atoms with Crippen LogP contribution in [0.25, 0.3) is 0 Å². The molecule has 0 amide bonds. The summed E-state index contributed by atoms with van der Waals surface area (Å²) in [6.07, 6.45) is 3.57. The van der Waals surface area contributed by atoms with E-state index in [4.69, 9.17) is 17.0 Å². The maximum absolute atomic E-state index is 5.58. The quantitative estimate of drug-likeness (QED) is 0.598. The van der Waals surface area contributed by atoms with Crippen molar-refractivity contribution in [3.63, 3.8) is 0 Å². The second-order valence-corrected chi connectivity index (χ2v) is 5.97. The third-order valence-electron chi connectivity index (χ3n) is 3.81. The number of hydrogen-bond acceptors (Lipinski definition) is 5. The van der Waals surface area contributed by atoms with E-state index >= 15 is 0 Å². The first kappa shape index (κ1) is 15.2. The number of aromatic nitrogens is 1. The summed E-state index contributed by atoms with van der Waals surface area (Å²) in [7, 11) is 0. The largest absolute Gasteiger partial charge is 0.491 e. The minimum Gasteiger partial charge on any atom is -0.491 e. The molecule has 2 N–H and O–H groups in total. The highest BCUT2D eigenvalue weighted by atomic mass is 32.1. The van der Waals surface area contributed by atoms with E-state index in [1.54, 1.807) is 6.20 Å². The van der Waals surface area contributed by atoms with E-state index in [0.717, 1.165) is 49.6 Å². The molecular formula is C15H21N5OS. The molecule has 2 aliphatic heterocycles. The average molecular weight is 319 g/mol. The Bertz CT molecular complexity index is 577. The van der Waals surface area contributed by atoms with E-state index in [1.165, 1.54) is 0 Å². The van der Waals surface area contributed by atoms with Gasteiger partial charge in [0.15, 0.2) is 5.11 Å². The van der Waals surface area contributed by atoms with Gasteiger partial charge in [0.25, 0.3) is 0 Å². The molecule has 0 spiro atoms. The number of nitrogens with zero attached hydrogens (tertiary/aromatic N) is 3. The molecule has 1 aromatic rings. The lowest BCUT2D eigenvalue weighted by atomic mass is 10.1. The summed E-state index contributed by atoms with van der Waals surface area (Å²) in [5.74, 6) is 0.785. The lowest BCUT2D eigenvalue weighted by molar-refractivity contribution is 0.318. The van der Waals surface area contributed by atoms with Crippen molar-refractivity contribution in [2.24, 2.45) is 5.10 Å². The van der Waals surface area contributed by atoms with E-state index in [1.807, 2.05) is 12.1 Å². The van der Waals surface area contributed by atoms with Gasteiger partial charge in [-0.3, -0.25) is 10.4 Å². The van der Waals surface area contributed by atoms with Crippen LogP contribution >= 0.6 is 12.2 Å². The Hall–Kier alpha value is -1.73. The van der Waals surface area contributed by atoms with Crippen LogP contribution in [-0.2, 0) is 0 Å². The third kappa shape index (κ3) is 3.53. The van der Waals surface area contributed by atoms with E-state index < -0.39 is 0 Å². The van der Waals surface area contributed by atoms with Crippen molar-refractivity contribution in [2.45, 2.75) is 25.8 Å². The molecule has 3 heterocycles. The van der Waals surface area contributed by atoms with Crippen LogP contribution in [0.2, 0.25) is 0 Å². The Morgan fingerprint density at radius 3 is 3.41 bits per heavy atom. The number of hydrogen-bond donors (Lipinski definition) is 2. The van der Waals surface area contributed by atoms with Crippen molar-refractivity contribution in [2.75, 3.05) is 26.2 Å². The highest BCUT2D eigenvalue weighted by molar-refractivity contribution is 7.80. The maximum atomic E-state index is 5.58. The Kier molecular flexibility index (Phi) is 4.84. The van der Waals surface area contributed by atoms with Crippen LogP contribution in [0.4, 0.5) is 0 Å². The molecule has 22 heavy (non-hydrogen) atoms. The van der Waals surface area contributed by atoms with Crippen molar-refractivity contribution in [3.05, 3.63) is 24.0 Å². The van der Waals surface area contributed by atoms with Crippen molar-refractivity contribution in [1.29, 1.82) is 0 Å². The smallest absolute Gasteiger partial charge is 0.189 e. The predicted molar refractivity (Wildman–Crippen MR) is 90.3 cm³/mol. The highest BCUT2D eigenvalue weighted by Crippen LogP contribution is 2.21. The van der Waals surface area contributed by atoms with Gasteiger partial charge in [-0.2, -0.15) is 5.10 Å². The van der Waals surface area contributed by atoms with Gasteiger partial charge in [0.2, 0.25) is 0 Å². The van der Waals surface area contributed by atoms with Crippen molar-refractivity contribution < 1.29 is 4.74 Å². The number of fused-ring (bicyclic) bond motifs is 1. The van der Waals surface area contributed by atoms with Crippen molar-refractivity contribution in [3.8, 4) is 5.75 Å². The van der Waals surface area contributed by atoms with Crippen LogP contribution in [0.15, 0.2) is 23.4 Å². The summed E-state index contributed by atoms with van der Waals surface area (Å²) in [6, 6.07) is 4.21. The van der Waals surface area contributed by atoms with Gasteiger partial charge in [-0.1, -0.05) is 0 Å². The number of nitrogens with one attached hydrogen (secondary N) is 2. The summed E-state index contributed by atoms with van der Waals surface area (Å²) in [5, 5.41) is 8.61. The Labute approximate surface area is 135 Å². The van der Waals surface area contributed by atoms with Gasteiger partial charge in [-0.15, -0.1) is 0 Å². The number of rotatable bonds is 1. The van der Waals surface area contributed by atoms with Gasteiger partial charge in [0.1, 0.15) is 11.4 Å². The fourth-order valence-electron chi connectivity index (χ4n) is 2.68. The highest BCUT2D eigenvalue weighted by Gasteiger charge is 2.19. The first-order valence-corrected chi connectivity index (χ1v) is 8.08. The van der Waals surface area contributed by atoms with Gasteiger partial charge >= 0.3 is 0 Å². The molecule has 0 aromatic carbocycles. The topological polar surface area (TPSA) is 61.8 Å². The molecule has 3 rings (SSSR count). The van der Waals surface area contributed by atoms with E-state index in [0.29, 0.717) is 17.8 Å². The van der Waals surface area contributed by atoms with Crippen LogP contribution in [-0.4, -0.2) is 53.0 Å². The van der Waals surface area contributed by atoms with Gasteiger partial charge in [-0.25, -0.2) is 0 Å². The number of pyridine rings is 1. The summed E-state index contributed by atoms with van der Waals surface area (Å²) in [4.78, 5) is 6.52. The summed E-state index contributed by atoms with van der Waals surface area (Å²) >= 11 is 5.48. The summed E-state index contributed by atoms with van der Waals surface area (Å²) < 4.78 is 5.58. The zero-order chi connectivity index (χ0) is 15.4. The van der Waals surface area contributed by atoms with E-state index in [-0.39, 0.29) is 0 Å². The van der Waals surface area contributed by atoms with Crippen LogP contribution in [0, 0.1) is 0 Å². The lowest BCUT2D eigenvalue weighted by Crippen LogP contribution is -2.43. The maximum Gasteiger partial charge on any atom is 0.189 e. The van der Waals surface area contributed by atoms with Gasteiger partial charge < -0.3 is 15.0 Å². The van der Waals surface area contributed by atoms with E-state index in [2.05, 4.69) is 32.7 Å². The molecule has 0 saturated carbocycles. The Morgan fingerprint density at radius 2 is 2.50 bits per heavy atom. The van der Waals surface area contributed by atoms with Crippen LogP contribution in [0.3, 0.4) is 0 Å². The zero-order valence-corrected chi connectivity index (χ0v) is 13.5. The standard InChI is InChI=1S/C15H21N5OS/c1-11-10-20(8-3-7-16-11)15(22)19-18-12-5-9-21-13-4-2-6-17-14(12)13/h2,4,6,11,16H,3,5,7-10H2,1H3,(H,19,22)/b18-12-. The van der Waals surface area contributed by atoms with Crippen LogP contribution < -0.4 is 15.5 Å². The Morgan fingerprint density at radius 1 is 1.59 bits per heavy atom. The number of hydrazone groups is 1. The summed E-state index contributed by atoms with van der Waals surface area (Å²) in [5.41, 5.74) is 4.73. The molecule has 118 valence electrons. The zero-order valence-electron chi connectivity index (χ0n) is 12.7. The summed E-state index contributed by atoms with van der Waals surface area (Å²) in [6.45, 7) is 5.67. The SMILES string of the molecule is CC1CN(C(=S)N/N=C2/CCOc3cccnc32)CCCN1. The molecule has 2 aliphatic rings. The fraction of sp³-hybridized carbons (Fsp3) is 0.533. The molecule has 0 radical (unpaired) electrons. The predicted octanol–water partition coefficient (Wildman–Crippen LogP) is 1.13. The first-order chi connectivity index (χ1) is 10.7. The third-order valence-corrected chi connectivity index (χ3v) is 4.16. The van der Waals surface area contributed by atoms with Crippen LogP contribution in [0.1, 0.15) is 25.5 Å². The van der Waals surface area contributed by atoms with Gasteiger partial charge in [0, 0.05) is 31.7 Å². The molecule has 1 fully saturated rings. The molecule has 1 aromatic heterocycles. The number of thiocarbonyl (C=S) groups is 1. The molecule has 0 bridgehead atoms. The minimum atomic E-state index is 0.431. The molecule has 6 nitrogen and oxygen atoms in total. The number of ether oxygens (including phenoxy) is 1. The molecule has 1 saturated heterocycles. The van der Waals surface area contributed by atoms with Crippen LogP contribution in [0.5, 0.6) is 5.75 Å². The van der Waals surface area contributed by atoms with Crippen molar-refractivity contribution in [1.82, 2.24) is 20.6 Å². The lowest BCUT2D eigenvalue weighted by Gasteiger charge is -2.25. The molecule has 7 heteroatoms. The Balaban J connectivity index is 1.67. The second-order valence-electron chi connectivity index (χ2n) is 5.58. The first-order valence-electron chi connectivity index (χ1n) is 7.67. The molecule has 1 unspecified atom stereocenters. The van der Waals surface area contributed by atoms with E-state index in [9.17, 15) is 0 Å². The molecule has 1 atom stereocenters. The monoisotopic (exact) mass is 319 g/mol. The molecule has 0 aliphatic carbocycles. The average Bonchev–Trinajstić information content (AvgIpc) is 2.77. The van der Waals surface area contributed by atoms with Gasteiger partial charge in [-0.05, 0) is 44.2 Å². The minimum absolute atomic E-state index is 0.431. The normalized spacial score (nSPS) is 23.4. The van der Waals surface area contributed by atoms with Crippen molar-refractivity contribution >= 4 is 23.0 Å². The molecular weight excluding hydrogens is 298 g/mol. The second kappa shape index (κ2) is 7.02.